The molecule has 0 aromatic heterocycles. The van der Waals surface area contributed by atoms with Crippen molar-refractivity contribution in [1.82, 2.24) is 16.0 Å². The molecule has 0 spiro atoms. The standard InChI is InChI=1S/C12H24N4O/c1-4-6-14-11(17)8-15-12(13-5-2)16-10-7-9(10)3/h9-10H,4-8H2,1-3H3,(H,14,17)(H2,13,15,16). The third kappa shape index (κ3) is 5.56. The molecule has 2 atom stereocenters. The molecule has 5 heteroatoms. The minimum atomic E-state index is -0.0205. The van der Waals surface area contributed by atoms with Crippen molar-refractivity contribution >= 4 is 11.9 Å². The highest BCUT2D eigenvalue weighted by Crippen LogP contribution is 2.28. The first kappa shape index (κ1) is 13.8. The monoisotopic (exact) mass is 240 g/mol. The van der Waals surface area contributed by atoms with Crippen LogP contribution in [0.2, 0.25) is 0 Å². The maximum Gasteiger partial charge on any atom is 0.241 e. The molecule has 98 valence electrons. The summed E-state index contributed by atoms with van der Waals surface area (Å²) >= 11 is 0. The lowest BCUT2D eigenvalue weighted by atomic mass is 10.4. The Kier molecular flexibility index (Phi) is 5.80. The predicted molar refractivity (Wildman–Crippen MR) is 70.0 cm³/mol. The first-order valence-corrected chi connectivity index (χ1v) is 6.48. The zero-order valence-electron chi connectivity index (χ0n) is 11.0. The number of hydrogen-bond donors (Lipinski definition) is 3. The van der Waals surface area contributed by atoms with E-state index in [1.807, 2.05) is 13.8 Å². The molecule has 1 saturated carbocycles. The van der Waals surface area contributed by atoms with Crippen LogP contribution in [0.15, 0.2) is 4.99 Å². The number of aliphatic imine (C=N–C) groups is 1. The van der Waals surface area contributed by atoms with Gasteiger partial charge in [-0.25, -0.2) is 4.99 Å². The molecular weight excluding hydrogens is 216 g/mol. The maximum absolute atomic E-state index is 11.4. The quantitative estimate of drug-likeness (QED) is 0.467. The third-order valence-electron chi connectivity index (χ3n) is 2.73. The van der Waals surface area contributed by atoms with Gasteiger partial charge in [0.15, 0.2) is 5.96 Å². The topological polar surface area (TPSA) is 65.5 Å². The van der Waals surface area contributed by atoms with Gasteiger partial charge in [0, 0.05) is 19.1 Å². The number of carbonyl (C=O) groups is 1. The Morgan fingerprint density at radius 1 is 1.35 bits per heavy atom. The van der Waals surface area contributed by atoms with E-state index in [9.17, 15) is 4.79 Å². The molecule has 0 saturated heterocycles. The van der Waals surface area contributed by atoms with Gasteiger partial charge in [-0.2, -0.15) is 0 Å². The van der Waals surface area contributed by atoms with Gasteiger partial charge >= 0.3 is 0 Å². The number of amides is 1. The van der Waals surface area contributed by atoms with Gasteiger partial charge < -0.3 is 16.0 Å². The van der Waals surface area contributed by atoms with Crippen LogP contribution in [-0.2, 0) is 4.79 Å². The molecule has 1 rings (SSSR count). The molecule has 0 heterocycles. The summed E-state index contributed by atoms with van der Waals surface area (Å²) in [6.45, 7) is 7.97. The van der Waals surface area contributed by atoms with Crippen LogP contribution in [0.1, 0.15) is 33.6 Å². The second kappa shape index (κ2) is 7.14. The maximum atomic E-state index is 11.4. The number of carbonyl (C=O) groups excluding carboxylic acids is 1. The van der Waals surface area contributed by atoms with E-state index in [2.05, 4.69) is 27.9 Å². The van der Waals surface area contributed by atoms with Gasteiger partial charge in [-0.05, 0) is 25.7 Å². The van der Waals surface area contributed by atoms with Gasteiger partial charge in [0.1, 0.15) is 6.54 Å². The number of guanidine groups is 1. The SMILES string of the molecule is CCCNC(=O)CN=C(NCC)NC1CC1C. The second-order valence-corrected chi connectivity index (χ2v) is 4.51. The van der Waals surface area contributed by atoms with Gasteiger partial charge in [0.25, 0.3) is 0 Å². The molecule has 0 radical (unpaired) electrons. The van der Waals surface area contributed by atoms with Crippen molar-refractivity contribution in [2.24, 2.45) is 10.9 Å². The van der Waals surface area contributed by atoms with E-state index in [1.165, 1.54) is 6.42 Å². The second-order valence-electron chi connectivity index (χ2n) is 4.51. The first-order valence-electron chi connectivity index (χ1n) is 6.48. The molecule has 1 amide bonds. The molecule has 5 nitrogen and oxygen atoms in total. The molecular formula is C12H24N4O. The fourth-order valence-corrected chi connectivity index (χ4v) is 1.49. The lowest BCUT2D eigenvalue weighted by Gasteiger charge is -2.10. The highest BCUT2D eigenvalue weighted by atomic mass is 16.1. The fraction of sp³-hybridized carbons (Fsp3) is 0.833. The lowest BCUT2D eigenvalue weighted by Crippen LogP contribution is -2.40. The van der Waals surface area contributed by atoms with Gasteiger partial charge in [-0.1, -0.05) is 13.8 Å². The summed E-state index contributed by atoms with van der Waals surface area (Å²) in [6, 6.07) is 0.520. The molecule has 1 aliphatic carbocycles. The van der Waals surface area contributed by atoms with Crippen LogP contribution in [0.4, 0.5) is 0 Å². The van der Waals surface area contributed by atoms with Crippen molar-refractivity contribution in [2.45, 2.75) is 39.7 Å². The highest BCUT2D eigenvalue weighted by Gasteiger charge is 2.33. The van der Waals surface area contributed by atoms with Crippen molar-refractivity contribution in [1.29, 1.82) is 0 Å². The number of rotatable bonds is 6. The number of nitrogens with zero attached hydrogens (tertiary/aromatic N) is 1. The molecule has 1 aliphatic rings. The van der Waals surface area contributed by atoms with E-state index in [4.69, 9.17) is 0 Å². The summed E-state index contributed by atoms with van der Waals surface area (Å²) in [4.78, 5) is 15.7. The largest absolute Gasteiger partial charge is 0.357 e. The van der Waals surface area contributed by atoms with Crippen molar-refractivity contribution in [3.63, 3.8) is 0 Å². The fourth-order valence-electron chi connectivity index (χ4n) is 1.49. The normalized spacial score (nSPS) is 23.1. The lowest BCUT2D eigenvalue weighted by molar-refractivity contribution is -0.119. The van der Waals surface area contributed by atoms with Crippen LogP contribution in [0.5, 0.6) is 0 Å². The molecule has 1 fully saturated rings. The van der Waals surface area contributed by atoms with Gasteiger partial charge in [0.05, 0.1) is 0 Å². The van der Waals surface area contributed by atoms with Crippen LogP contribution in [0.25, 0.3) is 0 Å². The summed E-state index contributed by atoms with van der Waals surface area (Å²) in [5.74, 6) is 1.44. The zero-order valence-corrected chi connectivity index (χ0v) is 11.0. The molecule has 0 bridgehead atoms. The molecule has 17 heavy (non-hydrogen) atoms. The van der Waals surface area contributed by atoms with Crippen molar-refractivity contribution in [3.05, 3.63) is 0 Å². The van der Waals surface area contributed by atoms with Crippen LogP contribution < -0.4 is 16.0 Å². The van der Waals surface area contributed by atoms with Crippen LogP contribution >= 0.6 is 0 Å². The third-order valence-corrected chi connectivity index (χ3v) is 2.73. The van der Waals surface area contributed by atoms with Crippen LogP contribution in [0, 0.1) is 5.92 Å². The summed E-state index contributed by atoms with van der Waals surface area (Å²) in [5.41, 5.74) is 0. The minimum Gasteiger partial charge on any atom is -0.357 e. The van der Waals surface area contributed by atoms with Crippen molar-refractivity contribution in [2.75, 3.05) is 19.6 Å². The van der Waals surface area contributed by atoms with Gasteiger partial charge in [-0.3, -0.25) is 4.79 Å². The summed E-state index contributed by atoms with van der Waals surface area (Å²) in [7, 11) is 0. The Hall–Kier alpha value is -1.26. The molecule has 2 unspecified atom stereocenters. The molecule has 3 N–H and O–H groups in total. The number of hydrogen-bond acceptors (Lipinski definition) is 2. The Balaban J connectivity index is 2.31. The molecule has 0 aromatic carbocycles. The van der Waals surface area contributed by atoms with E-state index >= 15 is 0 Å². The molecule has 0 aromatic rings. The summed E-state index contributed by atoms with van der Waals surface area (Å²) in [6.07, 6.45) is 2.14. The van der Waals surface area contributed by atoms with Crippen LogP contribution in [-0.4, -0.2) is 37.5 Å². The van der Waals surface area contributed by atoms with Crippen molar-refractivity contribution < 1.29 is 4.79 Å². The predicted octanol–water partition coefficient (Wildman–Crippen LogP) is 0.476. The van der Waals surface area contributed by atoms with E-state index in [-0.39, 0.29) is 12.5 Å². The van der Waals surface area contributed by atoms with Crippen molar-refractivity contribution in [3.8, 4) is 0 Å². The summed E-state index contributed by atoms with van der Waals surface area (Å²) in [5, 5.41) is 9.26. The Morgan fingerprint density at radius 2 is 2.06 bits per heavy atom. The van der Waals surface area contributed by atoms with E-state index in [0.29, 0.717) is 12.0 Å². The summed E-state index contributed by atoms with van der Waals surface area (Å²) < 4.78 is 0. The van der Waals surface area contributed by atoms with E-state index in [1.54, 1.807) is 0 Å². The van der Waals surface area contributed by atoms with E-state index < -0.39 is 0 Å². The van der Waals surface area contributed by atoms with Gasteiger partial charge in [0.2, 0.25) is 5.91 Å². The molecule has 0 aliphatic heterocycles. The number of nitrogens with one attached hydrogen (secondary N) is 3. The zero-order chi connectivity index (χ0) is 12.7. The first-order chi connectivity index (χ1) is 8.17. The van der Waals surface area contributed by atoms with Crippen LogP contribution in [0.3, 0.4) is 0 Å². The van der Waals surface area contributed by atoms with Gasteiger partial charge in [-0.15, -0.1) is 0 Å². The highest BCUT2D eigenvalue weighted by molar-refractivity contribution is 5.85. The average molecular weight is 240 g/mol. The minimum absolute atomic E-state index is 0.0205. The smallest absolute Gasteiger partial charge is 0.241 e. The Morgan fingerprint density at radius 3 is 2.59 bits per heavy atom. The average Bonchev–Trinajstić information content (AvgIpc) is 2.99. The Labute approximate surface area is 103 Å². The van der Waals surface area contributed by atoms with E-state index in [0.717, 1.165) is 25.5 Å². The Bertz CT molecular complexity index is 278.